The van der Waals surface area contributed by atoms with Gasteiger partial charge in [-0.25, -0.2) is 13.1 Å². The van der Waals surface area contributed by atoms with E-state index in [2.05, 4.69) is 20.7 Å². The van der Waals surface area contributed by atoms with Crippen molar-refractivity contribution >= 4 is 37.6 Å². The highest BCUT2D eigenvalue weighted by molar-refractivity contribution is 9.10. The van der Waals surface area contributed by atoms with Gasteiger partial charge in [0.15, 0.2) is 0 Å². The van der Waals surface area contributed by atoms with Gasteiger partial charge in [-0.15, -0.1) is 0 Å². The third-order valence-corrected chi connectivity index (χ3v) is 6.87. The van der Waals surface area contributed by atoms with Crippen LogP contribution in [-0.4, -0.2) is 20.6 Å². The first-order chi connectivity index (χ1) is 12.3. The van der Waals surface area contributed by atoms with Crippen molar-refractivity contribution in [1.82, 2.24) is 4.72 Å². The lowest BCUT2D eigenvalue weighted by atomic mass is 9.93. The Labute approximate surface area is 168 Å². The molecule has 0 amide bonds. The molecule has 0 spiro atoms. The van der Waals surface area contributed by atoms with Gasteiger partial charge in [0, 0.05) is 5.02 Å². The second kappa shape index (κ2) is 8.30. The van der Waals surface area contributed by atoms with Crippen molar-refractivity contribution in [2.24, 2.45) is 0 Å². The van der Waals surface area contributed by atoms with Crippen molar-refractivity contribution in [3.05, 3.63) is 57.5 Å². The summed E-state index contributed by atoms with van der Waals surface area (Å²) in [6.07, 6.45) is 3.32. The zero-order chi connectivity index (χ0) is 18.7. The molecule has 0 heterocycles. The first kappa shape index (κ1) is 19.7. The number of halogens is 2. The number of benzene rings is 2. The number of sulfonamides is 1. The van der Waals surface area contributed by atoms with E-state index in [1.54, 1.807) is 42.5 Å². The maximum Gasteiger partial charge on any atom is 0.240 e. The standard InChI is InChI=1S/C19H21BrClNO3S/c1-13-6-9-15(10-7-13)26(23,24)22-17-4-2-3-5-19(17)25-18-11-8-14(21)12-16(18)20/h6-12,17,19,22H,2-5H2,1H3/t17-,19-/m1/s1. The van der Waals surface area contributed by atoms with Crippen LogP contribution in [0.5, 0.6) is 5.75 Å². The Kier molecular flexibility index (Phi) is 6.28. The zero-order valence-corrected chi connectivity index (χ0v) is 17.6. The molecule has 0 bridgehead atoms. The molecule has 1 aliphatic carbocycles. The lowest BCUT2D eigenvalue weighted by molar-refractivity contribution is 0.124. The average Bonchev–Trinajstić information content (AvgIpc) is 2.59. The Balaban J connectivity index is 1.77. The summed E-state index contributed by atoms with van der Waals surface area (Å²) < 4.78 is 35.2. The third-order valence-electron chi connectivity index (χ3n) is 4.51. The molecular weight excluding hydrogens is 438 g/mol. The Morgan fingerprint density at radius 2 is 1.81 bits per heavy atom. The van der Waals surface area contributed by atoms with Crippen molar-refractivity contribution in [3.8, 4) is 5.75 Å². The van der Waals surface area contributed by atoms with Crippen LogP contribution < -0.4 is 9.46 Å². The predicted octanol–water partition coefficient (Wildman–Crippen LogP) is 5.08. The normalized spacial score (nSPS) is 20.7. The molecule has 4 nitrogen and oxygen atoms in total. The fourth-order valence-electron chi connectivity index (χ4n) is 3.09. The summed E-state index contributed by atoms with van der Waals surface area (Å²) in [7, 11) is -3.58. The van der Waals surface area contributed by atoms with Gasteiger partial charge in [-0.2, -0.15) is 0 Å². The molecule has 0 unspecified atom stereocenters. The molecule has 1 fully saturated rings. The molecule has 7 heteroatoms. The van der Waals surface area contributed by atoms with Gasteiger partial charge in [-0.1, -0.05) is 35.7 Å². The van der Waals surface area contributed by atoms with E-state index < -0.39 is 10.0 Å². The summed E-state index contributed by atoms with van der Waals surface area (Å²) in [5, 5.41) is 0.615. The predicted molar refractivity (Wildman–Crippen MR) is 107 cm³/mol. The minimum absolute atomic E-state index is 0.221. The van der Waals surface area contributed by atoms with E-state index >= 15 is 0 Å². The minimum Gasteiger partial charge on any atom is -0.488 e. The van der Waals surface area contributed by atoms with Crippen LogP contribution in [0.25, 0.3) is 0 Å². The van der Waals surface area contributed by atoms with Crippen LogP contribution in [0.2, 0.25) is 5.02 Å². The molecule has 140 valence electrons. The lowest BCUT2D eigenvalue weighted by Gasteiger charge is -2.32. The second-order valence-electron chi connectivity index (χ2n) is 6.56. The van der Waals surface area contributed by atoms with E-state index in [0.29, 0.717) is 10.8 Å². The highest BCUT2D eigenvalue weighted by Crippen LogP contribution is 2.32. The van der Waals surface area contributed by atoms with Gasteiger partial charge >= 0.3 is 0 Å². The van der Waals surface area contributed by atoms with Gasteiger partial charge in [0.1, 0.15) is 11.9 Å². The molecule has 1 N–H and O–H groups in total. The minimum atomic E-state index is -3.58. The van der Waals surface area contributed by atoms with Gasteiger partial charge in [-0.3, -0.25) is 0 Å². The molecule has 1 aliphatic rings. The molecule has 3 rings (SSSR count). The van der Waals surface area contributed by atoms with Crippen LogP contribution in [0.1, 0.15) is 31.2 Å². The van der Waals surface area contributed by atoms with E-state index in [9.17, 15) is 8.42 Å². The molecule has 0 aromatic heterocycles. The van der Waals surface area contributed by atoms with Gasteiger partial charge in [-0.05, 0) is 72.4 Å². The van der Waals surface area contributed by atoms with E-state index in [0.717, 1.165) is 35.7 Å². The molecule has 2 atom stereocenters. The van der Waals surface area contributed by atoms with Crippen LogP contribution in [0, 0.1) is 6.92 Å². The molecule has 26 heavy (non-hydrogen) atoms. The fraction of sp³-hybridized carbons (Fsp3) is 0.368. The fourth-order valence-corrected chi connectivity index (χ4v) is 5.17. The second-order valence-corrected chi connectivity index (χ2v) is 9.56. The highest BCUT2D eigenvalue weighted by Gasteiger charge is 2.31. The van der Waals surface area contributed by atoms with Crippen LogP contribution >= 0.6 is 27.5 Å². The summed E-state index contributed by atoms with van der Waals surface area (Å²) in [5.74, 6) is 0.667. The number of aryl methyl sites for hydroxylation is 1. The van der Waals surface area contributed by atoms with Crippen molar-refractivity contribution in [2.45, 2.75) is 49.6 Å². The smallest absolute Gasteiger partial charge is 0.240 e. The monoisotopic (exact) mass is 457 g/mol. The number of ether oxygens (including phenoxy) is 1. The molecular formula is C19H21BrClNO3S. The Bertz CT molecular complexity index is 871. The Hall–Kier alpha value is -1.08. The van der Waals surface area contributed by atoms with Crippen LogP contribution in [0.3, 0.4) is 0 Å². The third kappa shape index (κ3) is 4.80. The molecule has 1 saturated carbocycles. The first-order valence-corrected chi connectivity index (χ1v) is 11.2. The quantitative estimate of drug-likeness (QED) is 0.680. The highest BCUT2D eigenvalue weighted by atomic mass is 79.9. The number of rotatable bonds is 5. The zero-order valence-electron chi connectivity index (χ0n) is 14.4. The molecule has 2 aromatic rings. The van der Waals surface area contributed by atoms with E-state index in [1.165, 1.54) is 0 Å². The molecule has 2 aromatic carbocycles. The van der Waals surface area contributed by atoms with Crippen molar-refractivity contribution in [1.29, 1.82) is 0 Å². The van der Waals surface area contributed by atoms with Gasteiger partial charge in [0.25, 0.3) is 0 Å². The summed E-state index contributed by atoms with van der Waals surface area (Å²) >= 11 is 9.43. The van der Waals surface area contributed by atoms with Crippen molar-refractivity contribution in [2.75, 3.05) is 0 Å². The lowest BCUT2D eigenvalue weighted by Crippen LogP contribution is -2.47. The van der Waals surface area contributed by atoms with E-state index in [4.69, 9.17) is 16.3 Å². The summed E-state index contributed by atoms with van der Waals surface area (Å²) in [6, 6.07) is 11.9. The SMILES string of the molecule is Cc1ccc(S(=O)(=O)N[C@@H]2CCCC[C@H]2Oc2ccc(Cl)cc2Br)cc1. The van der Waals surface area contributed by atoms with E-state index in [-0.39, 0.29) is 17.0 Å². The largest absolute Gasteiger partial charge is 0.488 e. The summed E-state index contributed by atoms with van der Waals surface area (Å²) in [4.78, 5) is 0.278. The van der Waals surface area contributed by atoms with Crippen molar-refractivity contribution < 1.29 is 13.2 Å². The first-order valence-electron chi connectivity index (χ1n) is 8.56. The van der Waals surface area contributed by atoms with Crippen molar-refractivity contribution in [3.63, 3.8) is 0 Å². The Morgan fingerprint density at radius 1 is 1.12 bits per heavy atom. The van der Waals surface area contributed by atoms with Crippen LogP contribution in [-0.2, 0) is 10.0 Å². The maximum atomic E-state index is 12.7. The Morgan fingerprint density at radius 3 is 2.50 bits per heavy atom. The number of nitrogens with one attached hydrogen (secondary N) is 1. The van der Waals surface area contributed by atoms with Crippen LogP contribution in [0.4, 0.5) is 0 Å². The van der Waals surface area contributed by atoms with Crippen LogP contribution in [0.15, 0.2) is 51.8 Å². The van der Waals surface area contributed by atoms with E-state index in [1.807, 2.05) is 6.92 Å². The number of hydrogen-bond donors (Lipinski definition) is 1. The molecule has 0 radical (unpaired) electrons. The maximum absolute atomic E-state index is 12.7. The van der Waals surface area contributed by atoms with Gasteiger partial charge in [0.05, 0.1) is 15.4 Å². The molecule has 0 saturated heterocycles. The topological polar surface area (TPSA) is 55.4 Å². The average molecular weight is 459 g/mol. The molecule has 0 aliphatic heterocycles. The van der Waals surface area contributed by atoms with Gasteiger partial charge in [0.2, 0.25) is 10.0 Å². The summed E-state index contributed by atoms with van der Waals surface area (Å²) in [5.41, 5.74) is 1.02. The summed E-state index contributed by atoms with van der Waals surface area (Å²) in [6.45, 7) is 1.93. The number of hydrogen-bond acceptors (Lipinski definition) is 3. The van der Waals surface area contributed by atoms with Gasteiger partial charge < -0.3 is 4.74 Å².